The fourth-order valence-corrected chi connectivity index (χ4v) is 2.76. The van der Waals surface area contributed by atoms with E-state index in [-0.39, 0.29) is 5.78 Å². The summed E-state index contributed by atoms with van der Waals surface area (Å²) in [6.07, 6.45) is 0. The molecule has 1 aliphatic rings. The summed E-state index contributed by atoms with van der Waals surface area (Å²) in [5.74, 6) is 0.969. The van der Waals surface area contributed by atoms with E-state index >= 15 is 0 Å². The van der Waals surface area contributed by atoms with Crippen LogP contribution < -0.4 is 4.74 Å². The molecule has 1 atom stereocenters. The number of piperazine rings is 1. The van der Waals surface area contributed by atoms with Gasteiger partial charge in [-0.05, 0) is 37.7 Å². The van der Waals surface area contributed by atoms with E-state index in [2.05, 4.69) is 23.6 Å². The number of rotatable bonds is 5. The van der Waals surface area contributed by atoms with E-state index in [1.807, 2.05) is 24.3 Å². The molecular formula is C16H24N2O2. The van der Waals surface area contributed by atoms with Crippen LogP contribution in [0.3, 0.4) is 0 Å². The minimum Gasteiger partial charge on any atom is -0.497 e. The zero-order valence-corrected chi connectivity index (χ0v) is 12.6. The molecule has 1 aromatic carbocycles. The molecule has 1 heterocycles. The first-order valence-corrected chi connectivity index (χ1v) is 7.27. The maximum Gasteiger partial charge on any atom is 0.176 e. The molecule has 0 aliphatic carbocycles. The maximum atomic E-state index is 12.3. The number of ketones is 1. The molecular weight excluding hydrogens is 252 g/mol. The molecule has 1 unspecified atom stereocenters. The van der Waals surface area contributed by atoms with Crippen LogP contribution >= 0.6 is 0 Å². The summed E-state index contributed by atoms with van der Waals surface area (Å²) in [7, 11) is 1.63. The average Bonchev–Trinajstić information content (AvgIpc) is 2.47. The van der Waals surface area contributed by atoms with Crippen molar-refractivity contribution in [1.29, 1.82) is 0 Å². The lowest BCUT2D eigenvalue weighted by molar-refractivity contribution is 0.0723. The summed E-state index contributed by atoms with van der Waals surface area (Å²) in [5, 5.41) is 0. The fourth-order valence-electron chi connectivity index (χ4n) is 2.76. The van der Waals surface area contributed by atoms with Crippen LogP contribution in [0.15, 0.2) is 24.3 Å². The summed E-state index contributed by atoms with van der Waals surface area (Å²) in [5.41, 5.74) is 0.761. The Morgan fingerprint density at radius 3 is 2.55 bits per heavy atom. The molecule has 1 saturated heterocycles. The molecule has 0 amide bonds. The number of carbonyl (C=O) groups is 1. The van der Waals surface area contributed by atoms with E-state index < -0.39 is 0 Å². The summed E-state index contributed by atoms with van der Waals surface area (Å²) in [6.45, 7) is 9.00. The smallest absolute Gasteiger partial charge is 0.176 e. The Kier molecular flexibility index (Phi) is 5.15. The Hall–Kier alpha value is -1.39. The Morgan fingerprint density at radius 2 is 2.00 bits per heavy atom. The third-order valence-corrected chi connectivity index (χ3v) is 4.03. The predicted molar refractivity (Wildman–Crippen MR) is 80.5 cm³/mol. The van der Waals surface area contributed by atoms with Crippen molar-refractivity contribution in [2.75, 3.05) is 39.8 Å². The van der Waals surface area contributed by atoms with E-state index in [9.17, 15) is 4.79 Å². The van der Waals surface area contributed by atoms with Gasteiger partial charge in [-0.3, -0.25) is 14.6 Å². The Labute approximate surface area is 121 Å². The SMILES string of the molecule is CCN1CCN(CC(=O)c2ccc(OC)cc2)CC1C. The maximum absolute atomic E-state index is 12.3. The molecule has 2 rings (SSSR count). The van der Waals surface area contributed by atoms with Crippen molar-refractivity contribution in [3.63, 3.8) is 0 Å². The predicted octanol–water partition coefficient (Wildman–Crippen LogP) is 1.90. The molecule has 20 heavy (non-hydrogen) atoms. The van der Waals surface area contributed by atoms with Crippen molar-refractivity contribution in [3.05, 3.63) is 29.8 Å². The van der Waals surface area contributed by atoms with Crippen LogP contribution in [0.5, 0.6) is 5.75 Å². The second kappa shape index (κ2) is 6.86. The standard InChI is InChI=1S/C16H24N2O2/c1-4-18-10-9-17(11-13(18)2)12-16(19)14-5-7-15(20-3)8-6-14/h5-8,13H,4,9-12H2,1-3H3. The van der Waals surface area contributed by atoms with Crippen LogP contribution in [0.1, 0.15) is 24.2 Å². The number of likely N-dealkylation sites (N-methyl/N-ethyl adjacent to an activating group) is 1. The van der Waals surface area contributed by atoms with Crippen molar-refractivity contribution in [2.45, 2.75) is 19.9 Å². The number of methoxy groups -OCH3 is 1. The average molecular weight is 276 g/mol. The van der Waals surface area contributed by atoms with Gasteiger partial charge in [0, 0.05) is 31.2 Å². The highest BCUT2D eigenvalue weighted by Gasteiger charge is 2.23. The van der Waals surface area contributed by atoms with Crippen molar-refractivity contribution < 1.29 is 9.53 Å². The summed E-state index contributed by atoms with van der Waals surface area (Å²) >= 11 is 0. The van der Waals surface area contributed by atoms with Crippen LogP contribution in [-0.2, 0) is 0 Å². The first kappa shape index (κ1) is 15.0. The molecule has 1 fully saturated rings. The molecule has 0 spiro atoms. The van der Waals surface area contributed by atoms with Crippen LogP contribution in [0, 0.1) is 0 Å². The van der Waals surface area contributed by atoms with Gasteiger partial charge in [-0.15, -0.1) is 0 Å². The van der Waals surface area contributed by atoms with Gasteiger partial charge >= 0.3 is 0 Å². The summed E-state index contributed by atoms with van der Waals surface area (Å²) in [6, 6.07) is 7.88. The normalized spacial score (nSPS) is 20.9. The molecule has 0 N–H and O–H groups in total. The lowest BCUT2D eigenvalue weighted by atomic mass is 10.1. The molecule has 1 aliphatic heterocycles. The highest BCUT2D eigenvalue weighted by Crippen LogP contribution is 2.14. The molecule has 0 bridgehead atoms. The molecule has 0 saturated carbocycles. The summed E-state index contributed by atoms with van der Waals surface area (Å²) in [4.78, 5) is 17.0. The Balaban J connectivity index is 1.91. The first-order valence-electron chi connectivity index (χ1n) is 7.27. The van der Waals surface area contributed by atoms with Gasteiger partial charge in [0.25, 0.3) is 0 Å². The van der Waals surface area contributed by atoms with E-state index in [1.54, 1.807) is 7.11 Å². The van der Waals surface area contributed by atoms with Crippen molar-refractivity contribution in [1.82, 2.24) is 9.80 Å². The first-order chi connectivity index (χ1) is 9.63. The topological polar surface area (TPSA) is 32.8 Å². The molecule has 1 aromatic rings. The number of nitrogens with zero attached hydrogens (tertiary/aromatic N) is 2. The van der Waals surface area contributed by atoms with Gasteiger partial charge in [-0.2, -0.15) is 0 Å². The molecule has 110 valence electrons. The van der Waals surface area contributed by atoms with Gasteiger partial charge in [0.1, 0.15) is 5.75 Å². The van der Waals surface area contributed by atoms with Gasteiger partial charge in [-0.1, -0.05) is 6.92 Å². The third kappa shape index (κ3) is 3.58. The molecule has 0 aromatic heterocycles. The van der Waals surface area contributed by atoms with Crippen molar-refractivity contribution in [2.24, 2.45) is 0 Å². The highest BCUT2D eigenvalue weighted by molar-refractivity contribution is 5.97. The van der Waals surface area contributed by atoms with E-state index in [0.29, 0.717) is 12.6 Å². The van der Waals surface area contributed by atoms with Crippen LogP contribution in [0.25, 0.3) is 0 Å². The second-order valence-electron chi connectivity index (χ2n) is 5.36. The van der Waals surface area contributed by atoms with Crippen molar-refractivity contribution in [3.8, 4) is 5.75 Å². The lowest BCUT2D eigenvalue weighted by Gasteiger charge is -2.39. The van der Waals surface area contributed by atoms with Crippen LogP contribution in [0.4, 0.5) is 0 Å². The van der Waals surface area contributed by atoms with E-state index in [4.69, 9.17) is 4.74 Å². The lowest BCUT2D eigenvalue weighted by Crippen LogP contribution is -2.52. The highest BCUT2D eigenvalue weighted by atomic mass is 16.5. The minimum absolute atomic E-state index is 0.185. The van der Waals surface area contributed by atoms with Gasteiger partial charge in [0.15, 0.2) is 5.78 Å². The van der Waals surface area contributed by atoms with Crippen LogP contribution in [-0.4, -0.2) is 61.5 Å². The molecule has 0 radical (unpaired) electrons. The Morgan fingerprint density at radius 1 is 1.30 bits per heavy atom. The van der Waals surface area contributed by atoms with Gasteiger partial charge in [0.2, 0.25) is 0 Å². The number of Topliss-reactive ketones (excluding diaryl/α,β-unsaturated/α-hetero) is 1. The number of carbonyl (C=O) groups excluding carboxylic acids is 1. The number of hydrogen-bond donors (Lipinski definition) is 0. The van der Waals surface area contributed by atoms with Gasteiger partial charge in [-0.25, -0.2) is 0 Å². The Bertz CT molecular complexity index is 444. The quantitative estimate of drug-likeness (QED) is 0.769. The zero-order valence-electron chi connectivity index (χ0n) is 12.6. The second-order valence-corrected chi connectivity index (χ2v) is 5.36. The van der Waals surface area contributed by atoms with E-state index in [0.717, 1.165) is 37.5 Å². The summed E-state index contributed by atoms with van der Waals surface area (Å²) < 4.78 is 5.11. The monoisotopic (exact) mass is 276 g/mol. The van der Waals surface area contributed by atoms with Crippen LogP contribution in [0.2, 0.25) is 0 Å². The number of hydrogen-bond acceptors (Lipinski definition) is 4. The van der Waals surface area contributed by atoms with Gasteiger partial charge < -0.3 is 4.74 Å². The molecule has 4 heteroatoms. The number of benzene rings is 1. The largest absolute Gasteiger partial charge is 0.497 e. The fraction of sp³-hybridized carbons (Fsp3) is 0.562. The van der Waals surface area contributed by atoms with Gasteiger partial charge in [0.05, 0.1) is 13.7 Å². The third-order valence-electron chi connectivity index (χ3n) is 4.03. The zero-order chi connectivity index (χ0) is 14.5. The van der Waals surface area contributed by atoms with E-state index in [1.165, 1.54) is 0 Å². The number of ether oxygens (including phenoxy) is 1. The molecule has 4 nitrogen and oxygen atoms in total. The minimum atomic E-state index is 0.185. The van der Waals surface area contributed by atoms with Crippen molar-refractivity contribution >= 4 is 5.78 Å².